The predicted octanol–water partition coefficient (Wildman–Crippen LogP) is 3.59. The Balaban J connectivity index is 2.24. The Hall–Kier alpha value is -2.42. The molecule has 3 nitrogen and oxygen atoms in total. The van der Waals surface area contributed by atoms with Gasteiger partial charge >= 0.3 is 0 Å². The van der Waals surface area contributed by atoms with Gasteiger partial charge in [-0.1, -0.05) is 24.3 Å². The first-order valence-electron chi connectivity index (χ1n) is 5.95. The number of phenolic OH excluding ortho intramolecular Hbond substituents is 2. The van der Waals surface area contributed by atoms with E-state index in [1.54, 1.807) is 18.2 Å². The molecule has 0 heterocycles. The predicted molar refractivity (Wildman–Crippen MR) is 76.4 cm³/mol. The Morgan fingerprint density at radius 3 is 2.05 bits per heavy atom. The molecule has 3 heteroatoms. The number of phenols is 2. The van der Waals surface area contributed by atoms with Crippen LogP contribution >= 0.6 is 0 Å². The van der Waals surface area contributed by atoms with Crippen LogP contribution in [-0.2, 0) is 0 Å². The molecule has 0 unspecified atom stereocenters. The van der Waals surface area contributed by atoms with Crippen molar-refractivity contribution in [2.24, 2.45) is 0 Å². The van der Waals surface area contributed by atoms with Crippen LogP contribution in [0.25, 0.3) is 12.2 Å². The van der Waals surface area contributed by atoms with E-state index in [0.717, 1.165) is 16.7 Å². The van der Waals surface area contributed by atoms with Crippen molar-refractivity contribution in [3.63, 3.8) is 0 Å². The number of benzene rings is 2. The zero-order valence-corrected chi connectivity index (χ0v) is 10.9. The molecule has 0 fully saturated rings. The fraction of sp³-hybridized carbons (Fsp3) is 0.125. The van der Waals surface area contributed by atoms with Gasteiger partial charge in [0.15, 0.2) is 11.5 Å². The standard InChI is InChI=1S/C16H16O3/c1-11-9-12(5-7-14(11)17)3-4-13-6-8-15(18)16(10-13)19-2/h3-10,17-18H,1-2H3/b4-3+. The smallest absolute Gasteiger partial charge is 0.161 e. The molecule has 98 valence electrons. The molecule has 0 amide bonds. The van der Waals surface area contributed by atoms with Gasteiger partial charge < -0.3 is 14.9 Å². The molecule has 0 aliphatic carbocycles. The molecule has 2 aromatic carbocycles. The van der Waals surface area contributed by atoms with Crippen LogP contribution < -0.4 is 4.74 Å². The molecule has 19 heavy (non-hydrogen) atoms. The zero-order chi connectivity index (χ0) is 13.8. The number of methoxy groups -OCH3 is 1. The number of hydrogen-bond donors (Lipinski definition) is 2. The van der Waals surface area contributed by atoms with E-state index >= 15 is 0 Å². The number of aromatic hydroxyl groups is 2. The highest BCUT2D eigenvalue weighted by Crippen LogP contribution is 2.27. The summed E-state index contributed by atoms with van der Waals surface area (Å²) in [5.41, 5.74) is 2.77. The van der Waals surface area contributed by atoms with Crippen molar-refractivity contribution in [1.82, 2.24) is 0 Å². The van der Waals surface area contributed by atoms with Gasteiger partial charge in [-0.2, -0.15) is 0 Å². The van der Waals surface area contributed by atoms with Crippen LogP contribution in [0.15, 0.2) is 36.4 Å². The van der Waals surface area contributed by atoms with Crippen molar-refractivity contribution < 1.29 is 14.9 Å². The van der Waals surface area contributed by atoms with Crippen LogP contribution in [0.3, 0.4) is 0 Å². The van der Waals surface area contributed by atoms with Crippen molar-refractivity contribution in [3.05, 3.63) is 53.1 Å². The highest BCUT2D eigenvalue weighted by atomic mass is 16.5. The second-order valence-electron chi connectivity index (χ2n) is 4.31. The van der Waals surface area contributed by atoms with Crippen LogP contribution in [0.1, 0.15) is 16.7 Å². The zero-order valence-electron chi connectivity index (χ0n) is 10.9. The lowest BCUT2D eigenvalue weighted by Gasteiger charge is -2.04. The van der Waals surface area contributed by atoms with Crippen LogP contribution in [-0.4, -0.2) is 17.3 Å². The average Bonchev–Trinajstić information content (AvgIpc) is 2.41. The van der Waals surface area contributed by atoms with E-state index < -0.39 is 0 Å². The summed E-state index contributed by atoms with van der Waals surface area (Å²) in [5, 5.41) is 19.0. The third-order valence-electron chi connectivity index (χ3n) is 2.89. The van der Waals surface area contributed by atoms with Gasteiger partial charge in [0, 0.05) is 0 Å². The van der Waals surface area contributed by atoms with E-state index in [0.29, 0.717) is 11.5 Å². The lowest BCUT2D eigenvalue weighted by molar-refractivity contribution is 0.373. The van der Waals surface area contributed by atoms with E-state index in [2.05, 4.69) is 0 Å². The van der Waals surface area contributed by atoms with Crippen LogP contribution in [0, 0.1) is 6.92 Å². The van der Waals surface area contributed by atoms with Crippen molar-refractivity contribution >= 4 is 12.2 Å². The van der Waals surface area contributed by atoms with E-state index in [1.165, 1.54) is 7.11 Å². The lowest BCUT2D eigenvalue weighted by atomic mass is 10.1. The Bertz CT molecular complexity index is 615. The first-order valence-corrected chi connectivity index (χ1v) is 5.95. The van der Waals surface area contributed by atoms with Crippen molar-refractivity contribution in [1.29, 1.82) is 0 Å². The molecule has 2 rings (SSSR count). The Morgan fingerprint density at radius 2 is 1.47 bits per heavy atom. The van der Waals surface area contributed by atoms with Crippen molar-refractivity contribution in [2.75, 3.05) is 7.11 Å². The fourth-order valence-corrected chi connectivity index (χ4v) is 1.77. The topological polar surface area (TPSA) is 49.7 Å². The number of hydrogen-bond acceptors (Lipinski definition) is 3. The molecule has 2 aromatic rings. The molecular formula is C16H16O3. The van der Waals surface area contributed by atoms with Crippen LogP contribution in [0.2, 0.25) is 0 Å². The number of ether oxygens (including phenoxy) is 1. The first-order chi connectivity index (χ1) is 9.10. The van der Waals surface area contributed by atoms with E-state index in [-0.39, 0.29) is 5.75 Å². The third-order valence-corrected chi connectivity index (χ3v) is 2.89. The minimum atomic E-state index is 0.125. The largest absolute Gasteiger partial charge is 0.508 e. The highest BCUT2D eigenvalue weighted by Gasteiger charge is 2.00. The second-order valence-corrected chi connectivity index (χ2v) is 4.31. The molecule has 0 aliphatic rings. The van der Waals surface area contributed by atoms with Gasteiger partial charge in [0.25, 0.3) is 0 Å². The fourth-order valence-electron chi connectivity index (χ4n) is 1.77. The molecule has 0 atom stereocenters. The summed E-state index contributed by atoms with van der Waals surface area (Å²) in [7, 11) is 1.52. The molecule has 0 bridgehead atoms. The van der Waals surface area contributed by atoms with Crippen LogP contribution in [0.5, 0.6) is 17.2 Å². The monoisotopic (exact) mass is 256 g/mol. The summed E-state index contributed by atoms with van der Waals surface area (Å²) >= 11 is 0. The summed E-state index contributed by atoms with van der Waals surface area (Å²) in [6.07, 6.45) is 3.87. The number of rotatable bonds is 3. The SMILES string of the molecule is COc1cc(/C=C/c2ccc(O)c(C)c2)ccc1O. The van der Waals surface area contributed by atoms with Gasteiger partial charge in [-0.05, 0) is 47.9 Å². The first kappa shape index (κ1) is 13.0. The molecule has 0 aliphatic heterocycles. The summed E-state index contributed by atoms with van der Waals surface area (Å²) in [4.78, 5) is 0. The quantitative estimate of drug-likeness (QED) is 0.825. The second kappa shape index (κ2) is 5.48. The Kier molecular flexibility index (Phi) is 3.76. The molecule has 2 N–H and O–H groups in total. The minimum absolute atomic E-state index is 0.125. The van der Waals surface area contributed by atoms with Gasteiger partial charge in [-0.3, -0.25) is 0 Å². The highest BCUT2D eigenvalue weighted by molar-refractivity contribution is 5.71. The van der Waals surface area contributed by atoms with Gasteiger partial charge in [-0.15, -0.1) is 0 Å². The van der Waals surface area contributed by atoms with Gasteiger partial charge in [0.05, 0.1) is 7.11 Å². The Morgan fingerprint density at radius 1 is 0.895 bits per heavy atom. The molecular weight excluding hydrogens is 240 g/mol. The number of aryl methyl sites for hydroxylation is 1. The normalized spacial score (nSPS) is 10.8. The van der Waals surface area contributed by atoms with E-state index in [1.807, 2.05) is 37.3 Å². The Labute approximate surface area is 112 Å². The summed E-state index contributed by atoms with van der Waals surface area (Å²) in [6, 6.07) is 10.6. The molecule has 0 spiro atoms. The van der Waals surface area contributed by atoms with Gasteiger partial charge in [0.1, 0.15) is 5.75 Å². The maximum Gasteiger partial charge on any atom is 0.161 e. The lowest BCUT2D eigenvalue weighted by Crippen LogP contribution is -1.84. The molecule has 0 saturated heterocycles. The molecule has 0 saturated carbocycles. The maximum absolute atomic E-state index is 9.51. The summed E-state index contributed by atoms with van der Waals surface area (Å²) < 4.78 is 5.06. The van der Waals surface area contributed by atoms with Crippen LogP contribution in [0.4, 0.5) is 0 Å². The summed E-state index contributed by atoms with van der Waals surface area (Å²) in [6.45, 7) is 1.86. The van der Waals surface area contributed by atoms with Crippen molar-refractivity contribution in [2.45, 2.75) is 6.92 Å². The average molecular weight is 256 g/mol. The van der Waals surface area contributed by atoms with E-state index in [4.69, 9.17) is 4.74 Å². The molecule has 0 radical (unpaired) electrons. The van der Waals surface area contributed by atoms with Gasteiger partial charge in [0.2, 0.25) is 0 Å². The maximum atomic E-state index is 9.51. The van der Waals surface area contributed by atoms with E-state index in [9.17, 15) is 10.2 Å². The summed E-state index contributed by atoms with van der Waals surface area (Å²) in [5.74, 6) is 0.868. The van der Waals surface area contributed by atoms with Crippen molar-refractivity contribution in [3.8, 4) is 17.2 Å². The minimum Gasteiger partial charge on any atom is -0.508 e. The van der Waals surface area contributed by atoms with Gasteiger partial charge in [-0.25, -0.2) is 0 Å². The molecule has 0 aromatic heterocycles. The third kappa shape index (κ3) is 3.07.